The van der Waals surface area contributed by atoms with E-state index in [1.165, 1.54) is 18.2 Å². The van der Waals surface area contributed by atoms with E-state index in [1.54, 1.807) is 0 Å². The number of halogens is 3. The van der Waals surface area contributed by atoms with E-state index in [0.29, 0.717) is 11.6 Å². The van der Waals surface area contributed by atoms with Crippen LogP contribution in [0.4, 0.5) is 8.78 Å². The maximum atomic E-state index is 13.5. The molecule has 0 bridgehead atoms. The van der Waals surface area contributed by atoms with Gasteiger partial charge < -0.3 is 4.74 Å². The third-order valence-electron chi connectivity index (χ3n) is 3.10. The molecule has 2 aromatic rings. The number of alkyl halides is 1. The predicted molar refractivity (Wildman–Crippen MR) is 76.2 cm³/mol. The second kappa shape index (κ2) is 6.23. The van der Waals surface area contributed by atoms with Gasteiger partial charge in [0.25, 0.3) is 0 Å². The quantitative estimate of drug-likeness (QED) is 0.729. The van der Waals surface area contributed by atoms with Crippen LogP contribution in [0.25, 0.3) is 0 Å². The fourth-order valence-corrected chi connectivity index (χ4v) is 2.31. The molecule has 106 valence electrons. The van der Waals surface area contributed by atoms with Gasteiger partial charge in [0, 0.05) is 5.88 Å². The van der Waals surface area contributed by atoms with Crippen LogP contribution in [-0.2, 0) is 12.5 Å². The molecular formula is C16H15ClF2O. The van der Waals surface area contributed by atoms with Crippen molar-refractivity contribution in [3.05, 3.63) is 64.2 Å². The van der Waals surface area contributed by atoms with Gasteiger partial charge in [0.2, 0.25) is 0 Å². The summed E-state index contributed by atoms with van der Waals surface area (Å²) >= 11 is 5.80. The average molecular weight is 297 g/mol. The summed E-state index contributed by atoms with van der Waals surface area (Å²) in [6, 6.07) is 7.59. The van der Waals surface area contributed by atoms with Crippen LogP contribution in [0.15, 0.2) is 30.3 Å². The molecule has 2 rings (SSSR count). The molecule has 0 aliphatic rings. The van der Waals surface area contributed by atoms with Gasteiger partial charge >= 0.3 is 0 Å². The molecule has 0 radical (unpaired) electrons. The first-order valence-corrected chi connectivity index (χ1v) is 6.78. The summed E-state index contributed by atoms with van der Waals surface area (Å²) in [6.07, 6.45) is 0. The Morgan fingerprint density at radius 3 is 2.10 bits per heavy atom. The Bertz CT molecular complexity index is 583. The molecule has 20 heavy (non-hydrogen) atoms. The first-order valence-electron chi connectivity index (χ1n) is 6.24. The normalized spacial score (nSPS) is 10.7. The van der Waals surface area contributed by atoms with Gasteiger partial charge in [-0.2, -0.15) is 0 Å². The number of aryl methyl sites for hydroxylation is 2. The molecule has 0 heterocycles. The molecule has 0 N–H and O–H groups in total. The monoisotopic (exact) mass is 296 g/mol. The van der Waals surface area contributed by atoms with Crippen molar-refractivity contribution in [2.24, 2.45) is 0 Å². The van der Waals surface area contributed by atoms with Crippen LogP contribution in [0.2, 0.25) is 0 Å². The Hall–Kier alpha value is -1.61. The Morgan fingerprint density at radius 1 is 1.05 bits per heavy atom. The van der Waals surface area contributed by atoms with E-state index in [2.05, 4.69) is 0 Å². The summed E-state index contributed by atoms with van der Waals surface area (Å²) in [7, 11) is 0. The van der Waals surface area contributed by atoms with Crippen molar-refractivity contribution in [3.63, 3.8) is 0 Å². The molecule has 0 amide bonds. The lowest BCUT2D eigenvalue weighted by Crippen LogP contribution is -2.04. The third kappa shape index (κ3) is 3.10. The van der Waals surface area contributed by atoms with Crippen LogP contribution in [0, 0.1) is 25.5 Å². The highest BCUT2D eigenvalue weighted by molar-refractivity contribution is 6.17. The van der Waals surface area contributed by atoms with Gasteiger partial charge in [-0.05, 0) is 42.7 Å². The Morgan fingerprint density at radius 2 is 1.60 bits per heavy atom. The molecule has 0 fully saturated rings. The molecule has 0 saturated heterocycles. The standard InChI is InChI=1S/C16H15ClF2O/c1-10-6-12(8-17)7-11(2)16(10)20-9-13-14(18)4-3-5-15(13)19/h3-7H,8-9H2,1-2H3. The number of hydrogen-bond acceptors (Lipinski definition) is 1. The molecule has 0 spiro atoms. The molecule has 0 aliphatic heterocycles. The van der Waals surface area contributed by atoms with Crippen LogP contribution in [0.1, 0.15) is 22.3 Å². The van der Waals surface area contributed by atoms with Gasteiger partial charge in [-0.1, -0.05) is 18.2 Å². The highest BCUT2D eigenvalue weighted by Crippen LogP contribution is 2.27. The predicted octanol–water partition coefficient (Wildman–Crippen LogP) is 4.90. The summed E-state index contributed by atoms with van der Waals surface area (Å²) < 4.78 is 32.7. The van der Waals surface area contributed by atoms with Crippen LogP contribution in [-0.4, -0.2) is 0 Å². The summed E-state index contributed by atoms with van der Waals surface area (Å²) in [5.74, 6) is -0.138. The fourth-order valence-electron chi connectivity index (χ4n) is 2.16. The molecular weight excluding hydrogens is 282 g/mol. The largest absolute Gasteiger partial charge is 0.488 e. The fraction of sp³-hybridized carbons (Fsp3) is 0.250. The van der Waals surface area contributed by atoms with Crippen molar-refractivity contribution in [2.75, 3.05) is 0 Å². The average Bonchev–Trinajstić information content (AvgIpc) is 2.40. The van der Waals surface area contributed by atoms with Crippen LogP contribution in [0.3, 0.4) is 0 Å². The van der Waals surface area contributed by atoms with Gasteiger partial charge in [0.1, 0.15) is 24.0 Å². The maximum absolute atomic E-state index is 13.5. The first-order chi connectivity index (χ1) is 9.52. The van der Waals surface area contributed by atoms with E-state index in [1.807, 2.05) is 26.0 Å². The smallest absolute Gasteiger partial charge is 0.132 e. The number of hydrogen-bond donors (Lipinski definition) is 0. The van der Waals surface area contributed by atoms with E-state index in [4.69, 9.17) is 16.3 Å². The highest BCUT2D eigenvalue weighted by Gasteiger charge is 2.11. The molecule has 0 atom stereocenters. The van der Waals surface area contributed by atoms with Gasteiger partial charge in [-0.15, -0.1) is 11.6 Å². The van der Waals surface area contributed by atoms with E-state index in [9.17, 15) is 8.78 Å². The van der Waals surface area contributed by atoms with Crippen molar-refractivity contribution in [1.29, 1.82) is 0 Å². The lowest BCUT2D eigenvalue weighted by atomic mass is 10.1. The van der Waals surface area contributed by atoms with Crippen LogP contribution in [0.5, 0.6) is 5.75 Å². The molecule has 0 aromatic heterocycles. The van der Waals surface area contributed by atoms with Gasteiger partial charge in [0.05, 0.1) is 5.56 Å². The van der Waals surface area contributed by atoms with Crippen molar-refractivity contribution in [2.45, 2.75) is 26.3 Å². The van der Waals surface area contributed by atoms with E-state index in [0.717, 1.165) is 16.7 Å². The van der Waals surface area contributed by atoms with E-state index < -0.39 is 11.6 Å². The second-order valence-corrected chi connectivity index (χ2v) is 4.95. The zero-order chi connectivity index (χ0) is 14.7. The first kappa shape index (κ1) is 14.8. The lowest BCUT2D eigenvalue weighted by Gasteiger charge is -2.14. The van der Waals surface area contributed by atoms with E-state index >= 15 is 0 Å². The zero-order valence-corrected chi connectivity index (χ0v) is 12.1. The van der Waals surface area contributed by atoms with E-state index in [-0.39, 0.29) is 12.2 Å². The van der Waals surface area contributed by atoms with Crippen molar-refractivity contribution in [1.82, 2.24) is 0 Å². The van der Waals surface area contributed by atoms with Crippen molar-refractivity contribution < 1.29 is 13.5 Å². The number of benzene rings is 2. The van der Waals surface area contributed by atoms with Crippen LogP contribution < -0.4 is 4.74 Å². The van der Waals surface area contributed by atoms with Crippen molar-refractivity contribution in [3.8, 4) is 5.75 Å². The lowest BCUT2D eigenvalue weighted by molar-refractivity contribution is 0.288. The van der Waals surface area contributed by atoms with Crippen LogP contribution >= 0.6 is 11.6 Å². The van der Waals surface area contributed by atoms with Gasteiger partial charge in [-0.25, -0.2) is 8.78 Å². The summed E-state index contributed by atoms with van der Waals surface area (Å²) in [5.41, 5.74) is 2.73. The zero-order valence-electron chi connectivity index (χ0n) is 11.3. The van der Waals surface area contributed by atoms with Gasteiger partial charge in [-0.3, -0.25) is 0 Å². The molecule has 0 saturated carbocycles. The Kier molecular flexibility index (Phi) is 4.61. The second-order valence-electron chi connectivity index (χ2n) is 4.68. The molecule has 4 heteroatoms. The minimum absolute atomic E-state index is 0.0623. The number of rotatable bonds is 4. The van der Waals surface area contributed by atoms with Crippen molar-refractivity contribution >= 4 is 11.6 Å². The molecule has 2 aromatic carbocycles. The minimum Gasteiger partial charge on any atom is -0.488 e. The summed E-state index contributed by atoms with van der Waals surface area (Å²) in [5, 5.41) is 0. The Labute approximate surface area is 122 Å². The van der Waals surface area contributed by atoms with Gasteiger partial charge in [0.15, 0.2) is 0 Å². The maximum Gasteiger partial charge on any atom is 0.132 e. The highest BCUT2D eigenvalue weighted by atomic mass is 35.5. The topological polar surface area (TPSA) is 9.23 Å². The molecule has 0 aliphatic carbocycles. The number of ether oxygens (including phenoxy) is 1. The Balaban J connectivity index is 2.23. The summed E-state index contributed by atoms with van der Waals surface area (Å²) in [6.45, 7) is 3.63. The third-order valence-corrected chi connectivity index (χ3v) is 3.41. The minimum atomic E-state index is -0.599. The molecule has 1 nitrogen and oxygen atoms in total. The molecule has 0 unspecified atom stereocenters. The SMILES string of the molecule is Cc1cc(CCl)cc(C)c1OCc1c(F)cccc1F. The summed E-state index contributed by atoms with van der Waals surface area (Å²) in [4.78, 5) is 0.